The molecule has 0 amide bonds. The highest BCUT2D eigenvalue weighted by atomic mass is 35.5. The lowest BCUT2D eigenvalue weighted by atomic mass is 9.89. The standard InChI is InChI=1S/C20H21ClN2/c1-13-6-5-9-18-22-19(20(14(2)21)23(13)18)17-11-10-15-7-3-4-8-16(15)12-17/h5-6,9-12,14H,3-4,7-8H2,1-2H3. The van der Waals surface area contributed by atoms with E-state index in [1.165, 1.54) is 48.1 Å². The van der Waals surface area contributed by atoms with Crippen LogP contribution in [-0.2, 0) is 12.8 Å². The van der Waals surface area contributed by atoms with E-state index in [4.69, 9.17) is 16.6 Å². The van der Waals surface area contributed by atoms with Gasteiger partial charge in [0, 0.05) is 11.3 Å². The second-order valence-electron chi connectivity index (χ2n) is 6.51. The molecule has 1 aliphatic carbocycles. The number of hydrogen-bond donors (Lipinski definition) is 0. The fraction of sp³-hybridized carbons (Fsp3) is 0.350. The van der Waals surface area contributed by atoms with Crippen molar-refractivity contribution in [1.82, 2.24) is 9.38 Å². The Labute approximate surface area is 142 Å². The minimum absolute atomic E-state index is 0.0860. The summed E-state index contributed by atoms with van der Waals surface area (Å²) in [7, 11) is 0. The normalized spacial score (nSPS) is 15.6. The van der Waals surface area contributed by atoms with Crippen LogP contribution in [0.1, 0.15) is 47.7 Å². The van der Waals surface area contributed by atoms with E-state index in [0.29, 0.717) is 0 Å². The Morgan fingerprint density at radius 2 is 1.87 bits per heavy atom. The summed E-state index contributed by atoms with van der Waals surface area (Å²) in [6, 6.07) is 13.0. The van der Waals surface area contributed by atoms with Crippen LogP contribution in [0.2, 0.25) is 0 Å². The number of fused-ring (bicyclic) bond motifs is 2. The SMILES string of the molecule is Cc1cccc2nc(-c3ccc4c(c3)CCCC4)c(C(C)Cl)n12. The fourth-order valence-corrected chi connectivity index (χ4v) is 3.94. The summed E-state index contributed by atoms with van der Waals surface area (Å²) in [4.78, 5) is 4.89. The minimum Gasteiger partial charge on any atom is -0.299 e. The maximum Gasteiger partial charge on any atom is 0.137 e. The number of halogens is 1. The molecule has 3 heteroatoms. The highest BCUT2D eigenvalue weighted by Gasteiger charge is 2.20. The van der Waals surface area contributed by atoms with E-state index in [0.717, 1.165) is 17.0 Å². The maximum atomic E-state index is 6.53. The number of rotatable bonds is 2. The first-order valence-electron chi connectivity index (χ1n) is 8.39. The van der Waals surface area contributed by atoms with Crippen molar-refractivity contribution >= 4 is 17.2 Å². The molecule has 23 heavy (non-hydrogen) atoms. The first kappa shape index (κ1) is 14.8. The molecule has 2 aromatic heterocycles. The molecule has 118 valence electrons. The molecule has 0 aliphatic heterocycles. The zero-order valence-corrected chi connectivity index (χ0v) is 14.4. The number of pyridine rings is 1. The summed E-state index contributed by atoms with van der Waals surface area (Å²) < 4.78 is 2.19. The van der Waals surface area contributed by atoms with Crippen molar-refractivity contribution in [3.63, 3.8) is 0 Å². The first-order valence-corrected chi connectivity index (χ1v) is 8.83. The molecule has 1 aromatic carbocycles. The lowest BCUT2D eigenvalue weighted by Crippen LogP contribution is -2.03. The lowest BCUT2D eigenvalue weighted by molar-refractivity contribution is 0.686. The van der Waals surface area contributed by atoms with Gasteiger partial charge in [-0.25, -0.2) is 4.98 Å². The summed E-state index contributed by atoms with van der Waals surface area (Å²) in [5, 5.41) is -0.0860. The second-order valence-corrected chi connectivity index (χ2v) is 7.17. The number of imidazole rings is 1. The zero-order chi connectivity index (χ0) is 16.0. The van der Waals surface area contributed by atoms with Crippen molar-refractivity contribution in [2.75, 3.05) is 0 Å². The molecule has 0 radical (unpaired) electrons. The second kappa shape index (κ2) is 5.68. The van der Waals surface area contributed by atoms with Gasteiger partial charge in [0.25, 0.3) is 0 Å². The van der Waals surface area contributed by atoms with Gasteiger partial charge < -0.3 is 0 Å². The van der Waals surface area contributed by atoms with Crippen LogP contribution in [0.5, 0.6) is 0 Å². The molecule has 0 bridgehead atoms. The summed E-state index contributed by atoms with van der Waals surface area (Å²) in [5.74, 6) is 0. The van der Waals surface area contributed by atoms with Crippen molar-refractivity contribution in [2.24, 2.45) is 0 Å². The number of alkyl halides is 1. The third-order valence-corrected chi connectivity index (χ3v) is 5.08. The molecule has 4 rings (SSSR count). The third-order valence-electron chi connectivity index (χ3n) is 4.87. The molecule has 1 unspecified atom stereocenters. The van der Waals surface area contributed by atoms with Crippen LogP contribution in [0.4, 0.5) is 0 Å². The van der Waals surface area contributed by atoms with Gasteiger partial charge in [0.15, 0.2) is 0 Å². The van der Waals surface area contributed by atoms with Gasteiger partial charge in [0.2, 0.25) is 0 Å². The van der Waals surface area contributed by atoms with Gasteiger partial charge in [-0.05, 0) is 68.9 Å². The van der Waals surface area contributed by atoms with Crippen molar-refractivity contribution < 1.29 is 0 Å². The smallest absolute Gasteiger partial charge is 0.137 e. The Bertz CT molecular complexity index is 877. The van der Waals surface area contributed by atoms with E-state index in [1.807, 2.05) is 6.92 Å². The fourth-order valence-electron chi connectivity index (χ4n) is 3.74. The van der Waals surface area contributed by atoms with Crippen molar-refractivity contribution in [3.05, 3.63) is 58.9 Å². The number of benzene rings is 1. The molecule has 2 nitrogen and oxygen atoms in total. The van der Waals surface area contributed by atoms with Crippen LogP contribution in [0.25, 0.3) is 16.9 Å². The Morgan fingerprint density at radius 1 is 1.09 bits per heavy atom. The van der Waals surface area contributed by atoms with Crippen LogP contribution < -0.4 is 0 Å². The van der Waals surface area contributed by atoms with Crippen LogP contribution in [0.15, 0.2) is 36.4 Å². The molecular formula is C20H21ClN2. The molecule has 3 aromatic rings. The molecule has 0 spiro atoms. The van der Waals surface area contributed by atoms with Gasteiger partial charge in [-0.3, -0.25) is 4.40 Å². The number of aryl methyl sites for hydroxylation is 3. The Hall–Kier alpha value is -1.80. The van der Waals surface area contributed by atoms with Gasteiger partial charge in [-0.2, -0.15) is 0 Å². The van der Waals surface area contributed by atoms with Crippen molar-refractivity contribution in [1.29, 1.82) is 0 Å². The minimum atomic E-state index is -0.0860. The molecule has 0 saturated heterocycles. The van der Waals surface area contributed by atoms with E-state index in [-0.39, 0.29) is 5.38 Å². The van der Waals surface area contributed by atoms with Crippen LogP contribution in [0.3, 0.4) is 0 Å². The summed E-state index contributed by atoms with van der Waals surface area (Å²) in [5.41, 5.74) is 8.43. The Balaban J connectivity index is 1.95. The summed E-state index contributed by atoms with van der Waals surface area (Å²) in [6.45, 7) is 4.13. The van der Waals surface area contributed by atoms with E-state index in [1.54, 1.807) is 0 Å². The number of nitrogens with zero attached hydrogens (tertiary/aromatic N) is 2. The van der Waals surface area contributed by atoms with Gasteiger partial charge in [0.1, 0.15) is 5.65 Å². The van der Waals surface area contributed by atoms with E-state index in [9.17, 15) is 0 Å². The van der Waals surface area contributed by atoms with Crippen molar-refractivity contribution in [3.8, 4) is 11.3 Å². The quantitative estimate of drug-likeness (QED) is 0.570. The molecule has 0 fully saturated rings. The van der Waals surface area contributed by atoms with Gasteiger partial charge in [-0.1, -0.05) is 18.2 Å². The highest BCUT2D eigenvalue weighted by Crippen LogP contribution is 2.34. The van der Waals surface area contributed by atoms with E-state index < -0.39 is 0 Å². The monoisotopic (exact) mass is 324 g/mol. The van der Waals surface area contributed by atoms with Crippen LogP contribution in [0, 0.1) is 6.92 Å². The maximum absolute atomic E-state index is 6.53. The molecule has 0 N–H and O–H groups in total. The van der Waals surface area contributed by atoms with Crippen LogP contribution >= 0.6 is 11.6 Å². The van der Waals surface area contributed by atoms with Gasteiger partial charge in [-0.15, -0.1) is 11.6 Å². The highest BCUT2D eigenvalue weighted by molar-refractivity contribution is 6.20. The largest absolute Gasteiger partial charge is 0.299 e. The Morgan fingerprint density at radius 3 is 2.65 bits per heavy atom. The van der Waals surface area contributed by atoms with E-state index >= 15 is 0 Å². The lowest BCUT2D eigenvalue weighted by Gasteiger charge is -2.17. The predicted molar refractivity (Wildman–Crippen MR) is 96.3 cm³/mol. The van der Waals surface area contributed by atoms with Gasteiger partial charge >= 0.3 is 0 Å². The zero-order valence-electron chi connectivity index (χ0n) is 13.6. The molecule has 0 saturated carbocycles. The molecule has 2 heterocycles. The topological polar surface area (TPSA) is 17.3 Å². The third kappa shape index (κ3) is 2.46. The summed E-state index contributed by atoms with van der Waals surface area (Å²) >= 11 is 6.53. The summed E-state index contributed by atoms with van der Waals surface area (Å²) in [6.07, 6.45) is 4.99. The van der Waals surface area contributed by atoms with Crippen LogP contribution in [-0.4, -0.2) is 9.38 Å². The number of hydrogen-bond acceptors (Lipinski definition) is 1. The van der Waals surface area contributed by atoms with Gasteiger partial charge in [0.05, 0.1) is 16.8 Å². The average Bonchev–Trinajstić information content (AvgIpc) is 2.95. The van der Waals surface area contributed by atoms with E-state index in [2.05, 4.69) is 47.7 Å². The predicted octanol–water partition coefficient (Wildman–Crippen LogP) is 5.49. The average molecular weight is 325 g/mol. The van der Waals surface area contributed by atoms with Crippen molar-refractivity contribution in [2.45, 2.75) is 44.9 Å². The Kier molecular flexibility index (Phi) is 3.65. The first-order chi connectivity index (χ1) is 11.1. The molecule has 1 atom stereocenters. The molecular weight excluding hydrogens is 304 g/mol. The number of aromatic nitrogens is 2. The molecule has 1 aliphatic rings.